The van der Waals surface area contributed by atoms with Crippen LogP contribution < -0.4 is 0 Å². The van der Waals surface area contributed by atoms with Crippen LogP contribution in [0.2, 0.25) is 0 Å². The van der Waals surface area contributed by atoms with Gasteiger partial charge in [-0.1, -0.05) is 6.42 Å². The molecule has 1 saturated carbocycles. The summed E-state index contributed by atoms with van der Waals surface area (Å²) in [5.74, 6) is 0.669. The lowest BCUT2D eigenvalue weighted by atomic mass is 9.84. The van der Waals surface area contributed by atoms with Gasteiger partial charge in [0, 0.05) is 57.8 Å². The van der Waals surface area contributed by atoms with E-state index in [9.17, 15) is 13.2 Å². The fraction of sp³-hybridized carbons (Fsp3) is 0.947. The average molecular weight is 399 g/mol. The molecule has 154 valence electrons. The number of piperidine rings is 1. The fourth-order valence-electron chi connectivity index (χ4n) is 4.96. The Hall–Kier alpha value is -0.700. The summed E-state index contributed by atoms with van der Waals surface area (Å²) < 4.78 is 29.0. The molecular formula is C19H34N4O3S. The first kappa shape index (κ1) is 19.6. The van der Waals surface area contributed by atoms with Crippen molar-refractivity contribution < 1.29 is 13.2 Å². The smallest absolute Gasteiger partial charge is 0.282 e. The molecule has 7 nitrogen and oxygen atoms in total. The normalized spacial score (nSPS) is 28.2. The predicted octanol–water partition coefficient (Wildman–Crippen LogP) is 1.13. The van der Waals surface area contributed by atoms with Crippen LogP contribution in [-0.2, 0) is 15.0 Å². The number of nitrogens with zero attached hydrogens (tertiary/aromatic N) is 4. The lowest BCUT2D eigenvalue weighted by Gasteiger charge is -2.40. The summed E-state index contributed by atoms with van der Waals surface area (Å²) in [6, 6.07) is 0.491. The van der Waals surface area contributed by atoms with Crippen LogP contribution in [0, 0.1) is 5.92 Å². The highest BCUT2D eigenvalue weighted by molar-refractivity contribution is 7.86. The van der Waals surface area contributed by atoms with Crippen LogP contribution in [0.25, 0.3) is 0 Å². The van der Waals surface area contributed by atoms with E-state index in [1.54, 1.807) is 8.61 Å². The third-order valence-electron chi connectivity index (χ3n) is 6.95. The van der Waals surface area contributed by atoms with E-state index in [0.29, 0.717) is 44.0 Å². The Balaban J connectivity index is 1.28. The lowest BCUT2D eigenvalue weighted by Crippen LogP contribution is -2.50. The molecule has 0 aromatic rings. The van der Waals surface area contributed by atoms with Gasteiger partial charge in [-0.15, -0.1) is 0 Å². The molecule has 4 fully saturated rings. The van der Waals surface area contributed by atoms with Gasteiger partial charge in [0.15, 0.2) is 0 Å². The zero-order valence-corrected chi connectivity index (χ0v) is 17.2. The van der Waals surface area contributed by atoms with Crippen molar-refractivity contribution in [2.24, 2.45) is 5.92 Å². The fourth-order valence-corrected chi connectivity index (χ4v) is 6.67. The van der Waals surface area contributed by atoms with Crippen molar-refractivity contribution in [3.8, 4) is 0 Å². The van der Waals surface area contributed by atoms with Crippen LogP contribution >= 0.6 is 0 Å². The van der Waals surface area contributed by atoms with Gasteiger partial charge in [-0.2, -0.15) is 17.0 Å². The molecule has 27 heavy (non-hydrogen) atoms. The van der Waals surface area contributed by atoms with Gasteiger partial charge in [-0.25, -0.2) is 0 Å². The number of likely N-dealkylation sites (tertiary alicyclic amines) is 1. The van der Waals surface area contributed by atoms with Crippen molar-refractivity contribution in [3.63, 3.8) is 0 Å². The van der Waals surface area contributed by atoms with Crippen molar-refractivity contribution in [1.29, 1.82) is 0 Å². The Bertz CT molecular complexity index is 623. The second kappa shape index (κ2) is 8.35. The minimum absolute atomic E-state index is 0.295. The van der Waals surface area contributed by atoms with Crippen molar-refractivity contribution in [3.05, 3.63) is 0 Å². The van der Waals surface area contributed by atoms with Crippen molar-refractivity contribution in [1.82, 2.24) is 18.4 Å². The summed E-state index contributed by atoms with van der Waals surface area (Å²) in [6.45, 7) is 6.10. The second-order valence-corrected chi connectivity index (χ2v) is 10.5. The van der Waals surface area contributed by atoms with Crippen molar-refractivity contribution in [2.75, 3.05) is 52.4 Å². The molecule has 4 rings (SSSR count). The molecule has 8 heteroatoms. The van der Waals surface area contributed by atoms with E-state index in [4.69, 9.17) is 0 Å². The van der Waals surface area contributed by atoms with Gasteiger partial charge in [0.25, 0.3) is 10.2 Å². The highest BCUT2D eigenvalue weighted by atomic mass is 32.2. The number of carbonyl (C=O) groups excluding carboxylic acids is 1. The lowest BCUT2D eigenvalue weighted by molar-refractivity contribution is -0.139. The summed E-state index contributed by atoms with van der Waals surface area (Å²) in [5.41, 5.74) is 0. The molecule has 0 unspecified atom stereocenters. The summed E-state index contributed by atoms with van der Waals surface area (Å²) in [5, 5.41) is 0. The first-order valence-corrected chi connectivity index (χ1v) is 12.2. The van der Waals surface area contributed by atoms with E-state index in [1.165, 1.54) is 6.42 Å². The Morgan fingerprint density at radius 1 is 0.667 bits per heavy atom. The largest absolute Gasteiger partial charge is 0.342 e. The monoisotopic (exact) mass is 398 g/mol. The maximum absolute atomic E-state index is 12.8. The molecule has 3 heterocycles. The van der Waals surface area contributed by atoms with E-state index in [2.05, 4.69) is 9.80 Å². The minimum atomic E-state index is -3.28. The van der Waals surface area contributed by atoms with Gasteiger partial charge in [0.2, 0.25) is 5.91 Å². The van der Waals surface area contributed by atoms with Gasteiger partial charge in [-0.05, 0) is 51.5 Å². The number of rotatable bonds is 4. The van der Waals surface area contributed by atoms with Crippen LogP contribution in [0.3, 0.4) is 0 Å². The first-order valence-electron chi connectivity index (χ1n) is 10.8. The third-order valence-corrected chi connectivity index (χ3v) is 8.99. The second-order valence-electron chi connectivity index (χ2n) is 8.59. The molecule has 0 radical (unpaired) electrons. The van der Waals surface area contributed by atoms with Crippen LogP contribution in [0.15, 0.2) is 0 Å². The molecule has 1 amide bonds. The number of carbonyl (C=O) groups is 1. The minimum Gasteiger partial charge on any atom is -0.342 e. The Kier molecular flexibility index (Phi) is 6.06. The zero-order valence-electron chi connectivity index (χ0n) is 16.4. The molecule has 0 aromatic heterocycles. The van der Waals surface area contributed by atoms with Crippen LogP contribution in [0.5, 0.6) is 0 Å². The van der Waals surface area contributed by atoms with Gasteiger partial charge >= 0.3 is 0 Å². The van der Waals surface area contributed by atoms with Crippen LogP contribution in [-0.4, -0.2) is 91.1 Å². The van der Waals surface area contributed by atoms with Gasteiger partial charge in [0.05, 0.1) is 0 Å². The molecule has 3 saturated heterocycles. The SMILES string of the molecule is O=C(C1CCC1)N1CCC(N2CCCN(S(=O)(=O)N3CCCC3)CC2)CC1. The molecule has 4 aliphatic rings. The van der Waals surface area contributed by atoms with Gasteiger partial charge in [0.1, 0.15) is 0 Å². The molecular weight excluding hydrogens is 364 g/mol. The molecule has 3 aliphatic heterocycles. The van der Waals surface area contributed by atoms with Crippen LogP contribution in [0.4, 0.5) is 0 Å². The summed E-state index contributed by atoms with van der Waals surface area (Å²) in [6.07, 6.45) is 8.27. The number of hydrogen-bond donors (Lipinski definition) is 0. The number of amides is 1. The molecule has 0 bridgehead atoms. The van der Waals surface area contributed by atoms with E-state index >= 15 is 0 Å². The quantitative estimate of drug-likeness (QED) is 0.712. The average Bonchev–Trinajstić information content (AvgIpc) is 3.06. The molecule has 0 aromatic carbocycles. The number of hydrogen-bond acceptors (Lipinski definition) is 4. The van der Waals surface area contributed by atoms with Gasteiger partial charge in [-0.3, -0.25) is 9.69 Å². The highest BCUT2D eigenvalue weighted by Crippen LogP contribution is 2.30. The van der Waals surface area contributed by atoms with E-state index in [1.807, 2.05) is 0 Å². The Labute approximate surface area is 163 Å². The molecule has 1 aliphatic carbocycles. The maximum atomic E-state index is 12.8. The van der Waals surface area contributed by atoms with Crippen LogP contribution in [0.1, 0.15) is 51.4 Å². The summed E-state index contributed by atoms with van der Waals surface area (Å²) in [4.78, 5) is 17.0. The first-order chi connectivity index (χ1) is 13.1. The topological polar surface area (TPSA) is 64.2 Å². The summed E-state index contributed by atoms with van der Waals surface area (Å²) in [7, 11) is -3.28. The van der Waals surface area contributed by atoms with Crippen molar-refractivity contribution in [2.45, 2.75) is 57.4 Å². The molecule has 0 spiro atoms. The maximum Gasteiger partial charge on any atom is 0.282 e. The molecule has 0 atom stereocenters. The Morgan fingerprint density at radius 2 is 1.30 bits per heavy atom. The van der Waals surface area contributed by atoms with Gasteiger partial charge < -0.3 is 4.90 Å². The van der Waals surface area contributed by atoms with E-state index < -0.39 is 10.2 Å². The predicted molar refractivity (Wildman–Crippen MR) is 104 cm³/mol. The van der Waals surface area contributed by atoms with E-state index in [-0.39, 0.29) is 0 Å². The zero-order chi connectivity index (χ0) is 18.9. The summed E-state index contributed by atoms with van der Waals surface area (Å²) >= 11 is 0. The Morgan fingerprint density at radius 3 is 1.93 bits per heavy atom. The van der Waals surface area contributed by atoms with Crippen molar-refractivity contribution >= 4 is 16.1 Å². The standard InChI is InChI=1S/C19H34N4O3S/c24-19(17-5-3-6-17)21-13-7-18(8-14-21)20-9-4-12-23(16-15-20)27(25,26)22-10-1-2-11-22/h17-18H,1-16H2. The third kappa shape index (κ3) is 4.18. The van der Waals surface area contributed by atoms with E-state index in [0.717, 1.165) is 71.1 Å². The molecule has 0 N–H and O–H groups in total. The highest BCUT2D eigenvalue weighted by Gasteiger charge is 2.36.